The second kappa shape index (κ2) is 5.22. The van der Waals surface area contributed by atoms with Crippen molar-refractivity contribution >= 4 is 11.6 Å². The Morgan fingerprint density at radius 2 is 2.23 bits per heavy atom. The fourth-order valence-corrected chi connectivity index (χ4v) is 1.41. The van der Waals surface area contributed by atoms with Crippen LogP contribution in [0.5, 0.6) is 0 Å². The number of halogens is 1. The Morgan fingerprint density at radius 1 is 1.46 bits per heavy atom. The zero-order chi connectivity index (χ0) is 9.68. The summed E-state index contributed by atoms with van der Waals surface area (Å²) < 4.78 is 4.97. The first-order chi connectivity index (χ1) is 6.27. The Kier molecular flexibility index (Phi) is 4.22. The number of hydrogen-bond acceptors (Lipinski definition) is 2. The normalized spacial score (nSPS) is 10.4. The number of aliphatic hydroxyl groups excluding tert-OH is 1. The molecular weight excluding hydrogens is 188 g/mol. The summed E-state index contributed by atoms with van der Waals surface area (Å²) in [6.45, 7) is 0.679. The molecule has 0 saturated heterocycles. The molecule has 0 aliphatic heterocycles. The Morgan fingerprint density at radius 3 is 2.77 bits per heavy atom. The monoisotopic (exact) mass is 200 g/mol. The Balaban J connectivity index is 2.79. The van der Waals surface area contributed by atoms with Gasteiger partial charge in [0.15, 0.2) is 0 Å². The maximum absolute atomic E-state index is 8.72. The van der Waals surface area contributed by atoms with Gasteiger partial charge in [-0.05, 0) is 23.6 Å². The average molecular weight is 201 g/mol. The summed E-state index contributed by atoms with van der Waals surface area (Å²) in [6, 6.07) is 5.75. The van der Waals surface area contributed by atoms with E-state index in [0.717, 1.165) is 11.1 Å². The molecule has 1 aromatic rings. The summed E-state index contributed by atoms with van der Waals surface area (Å²) in [5, 5.41) is 9.42. The van der Waals surface area contributed by atoms with E-state index in [2.05, 4.69) is 0 Å². The van der Waals surface area contributed by atoms with Crippen LogP contribution < -0.4 is 0 Å². The van der Waals surface area contributed by atoms with Crippen molar-refractivity contribution in [3.8, 4) is 0 Å². The lowest BCUT2D eigenvalue weighted by Gasteiger charge is -2.05. The molecule has 0 amide bonds. The lowest BCUT2D eigenvalue weighted by molar-refractivity contribution is 0.185. The number of aliphatic hydroxyl groups is 1. The summed E-state index contributed by atoms with van der Waals surface area (Å²) >= 11 is 5.98. The van der Waals surface area contributed by atoms with Crippen molar-refractivity contribution < 1.29 is 9.84 Å². The van der Waals surface area contributed by atoms with Gasteiger partial charge in [-0.2, -0.15) is 0 Å². The zero-order valence-corrected chi connectivity index (χ0v) is 8.34. The predicted molar refractivity (Wildman–Crippen MR) is 53.0 cm³/mol. The van der Waals surface area contributed by atoms with Gasteiger partial charge < -0.3 is 9.84 Å². The van der Waals surface area contributed by atoms with Gasteiger partial charge in [0.2, 0.25) is 0 Å². The summed E-state index contributed by atoms with van der Waals surface area (Å²) in [5.41, 5.74) is 2.03. The van der Waals surface area contributed by atoms with Crippen LogP contribution in [-0.4, -0.2) is 18.8 Å². The fourth-order valence-electron chi connectivity index (χ4n) is 1.15. The highest BCUT2D eigenvalue weighted by Gasteiger charge is 2.00. The van der Waals surface area contributed by atoms with Crippen molar-refractivity contribution in [3.05, 3.63) is 34.3 Å². The van der Waals surface area contributed by atoms with Crippen LogP contribution in [0, 0.1) is 0 Å². The van der Waals surface area contributed by atoms with Crippen molar-refractivity contribution in [1.82, 2.24) is 0 Å². The lowest BCUT2D eigenvalue weighted by atomic mass is 10.1. The fraction of sp³-hybridized carbons (Fsp3) is 0.400. The van der Waals surface area contributed by atoms with Gasteiger partial charge in [0.05, 0.1) is 6.61 Å². The molecule has 0 spiro atoms. The maximum Gasteiger partial charge on any atom is 0.0727 e. The molecule has 0 aromatic heterocycles. The lowest BCUT2D eigenvalue weighted by Crippen LogP contribution is -1.93. The highest BCUT2D eigenvalue weighted by molar-refractivity contribution is 6.31. The first-order valence-corrected chi connectivity index (χ1v) is 4.53. The molecule has 0 bridgehead atoms. The third-order valence-corrected chi connectivity index (χ3v) is 2.17. The van der Waals surface area contributed by atoms with Gasteiger partial charge in [-0.3, -0.25) is 0 Å². The van der Waals surface area contributed by atoms with E-state index in [4.69, 9.17) is 21.4 Å². The molecule has 0 aliphatic rings. The van der Waals surface area contributed by atoms with Crippen molar-refractivity contribution in [3.63, 3.8) is 0 Å². The number of methoxy groups -OCH3 is 1. The van der Waals surface area contributed by atoms with E-state index in [9.17, 15) is 0 Å². The summed E-state index contributed by atoms with van der Waals surface area (Å²) in [5.74, 6) is 0. The molecule has 3 heteroatoms. The van der Waals surface area contributed by atoms with E-state index in [0.29, 0.717) is 18.1 Å². The van der Waals surface area contributed by atoms with E-state index in [1.807, 2.05) is 18.2 Å². The first kappa shape index (κ1) is 10.5. The number of rotatable bonds is 4. The third kappa shape index (κ3) is 2.99. The highest BCUT2D eigenvalue weighted by Crippen LogP contribution is 2.18. The minimum atomic E-state index is 0.153. The molecule has 1 rings (SSSR count). The van der Waals surface area contributed by atoms with Gasteiger partial charge in [-0.15, -0.1) is 0 Å². The van der Waals surface area contributed by atoms with E-state index in [1.165, 1.54) is 0 Å². The molecule has 1 aromatic carbocycles. The molecule has 1 N–H and O–H groups in total. The van der Waals surface area contributed by atoms with Gasteiger partial charge in [-0.1, -0.05) is 23.7 Å². The van der Waals surface area contributed by atoms with Crippen LogP contribution in [0.15, 0.2) is 18.2 Å². The molecule has 13 heavy (non-hydrogen) atoms. The first-order valence-electron chi connectivity index (χ1n) is 4.15. The van der Waals surface area contributed by atoms with Gasteiger partial charge in [0.25, 0.3) is 0 Å². The van der Waals surface area contributed by atoms with Gasteiger partial charge in [0, 0.05) is 18.7 Å². The number of benzene rings is 1. The van der Waals surface area contributed by atoms with Crippen molar-refractivity contribution in [2.45, 2.75) is 13.0 Å². The number of hydrogen-bond donors (Lipinski definition) is 1. The van der Waals surface area contributed by atoms with E-state index in [-0.39, 0.29) is 6.61 Å². The molecule has 0 atom stereocenters. The van der Waals surface area contributed by atoms with Crippen molar-refractivity contribution in [2.75, 3.05) is 13.7 Å². The van der Waals surface area contributed by atoms with Crippen molar-refractivity contribution in [2.24, 2.45) is 0 Å². The molecule has 72 valence electrons. The molecule has 0 fully saturated rings. The van der Waals surface area contributed by atoms with Gasteiger partial charge in [-0.25, -0.2) is 0 Å². The summed E-state index contributed by atoms with van der Waals surface area (Å²) in [7, 11) is 1.64. The quantitative estimate of drug-likeness (QED) is 0.806. The van der Waals surface area contributed by atoms with Gasteiger partial charge in [0.1, 0.15) is 0 Å². The topological polar surface area (TPSA) is 29.5 Å². The summed E-state index contributed by atoms with van der Waals surface area (Å²) in [4.78, 5) is 0. The smallest absolute Gasteiger partial charge is 0.0727 e. The largest absolute Gasteiger partial charge is 0.396 e. The molecule has 2 nitrogen and oxygen atoms in total. The average Bonchev–Trinajstić information content (AvgIpc) is 2.10. The van der Waals surface area contributed by atoms with Gasteiger partial charge >= 0.3 is 0 Å². The molecule has 0 radical (unpaired) electrons. The number of ether oxygens (including phenoxy) is 1. The molecule has 0 heterocycles. The van der Waals surface area contributed by atoms with Crippen LogP contribution in [0.4, 0.5) is 0 Å². The molecular formula is C10H13ClO2. The van der Waals surface area contributed by atoms with E-state index >= 15 is 0 Å². The van der Waals surface area contributed by atoms with Crippen LogP contribution in [-0.2, 0) is 17.8 Å². The van der Waals surface area contributed by atoms with Crippen molar-refractivity contribution in [1.29, 1.82) is 0 Å². The summed E-state index contributed by atoms with van der Waals surface area (Å²) in [6.07, 6.45) is 0.646. The predicted octanol–water partition coefficient (Wildman–Crippen LogP) is 2.02. The van der Waals surface area contributed by atoms with Crippen LogP contribution in [0.1, 0.15) is 11.1 Å². The Hall–Kier alpha value is -0.570. The third-order valence-electron chi connectivity index (χ3n) is 1.82. The minimum Gasteiger partial charge on any atom is -0.396 e. The Bertz CT molecular complexity index is 274. The second-order valence-electron chi connectivity index (χ2n) is 2.83. The minimum absolute atomic E-state index is 0.153. The molecule has 0 saturated carbocycles. The second-order valence-corrected chi connectivity index (χ2v) is 3.24. The van der Waals surface area contributed by atoms with Crippen LogP contribution in [0.3, 0.4) is 0 Å². The zero-order valence-electron chi connectivity index (χ0n) is 7.59. The highest BCUT2D eigenvalue weighted by atomic mass is 35.5. The van der Waals surface area contributed by atoms with Crippen LogP contribution in [0.25, 0.3) is 0 Å². The SMILES string of the molecule is COCc1ccc(CCO)cc1Cl. The molecule has 0 aliphatic carbocycles. The Labute approximate surface area is 83.1 Å². The van der Waals surface area contributed by atoms with Crippen LogP contribution in [0.2, 0.25) is 5.02 Å². The van der Waals surface area contributed by atoms with E-state index < -0.39 is 0 Å². The maximum atomic E-state index is 8.72. The standard InChI is InChI=1S/C10H13ClO2/c1-13-7-9-3-2-8(4-5-12)6-10(9)11/h2-3,6,12H,4-5,7H2,1H3. The van der Waals surface area contributed by atoms with Crippen LogP contribution >= 0.6 is 11.6 Å². The molecule has 0 unspecified atom stereocenters. The van der Waals surface area contributed by atoms with E-state index in [1.54, 1.807) is 7.11 Å².